The monoisotopic (exact) mass is 232 g/mol. The number of alkyl halides is 2. The molecular formula is C11H18ClFN2. The molecule has 1 N–H and O–H groups in total. The second kappa shape index (κ2) is 5.28. The maximum atomic E-state index is 13.4. The molecular weight excluding hydrogens is 215 g/mol. The lowest BCUT2D eigenvalue weighted by Gasteiger charge is -2.30. The van der Waals surface area contributed by atoms with Crippen molar-refractivity contribution in [2.24, 2.45) is 0 Å². The van der Waals surface area contributed by atoms with Crippen LogP contribution in [0.25, 0.3) is 0 Å². The summed E-state index contributed by atoms with van der Waals surface area (Å²) >= 11 is 5.83. The van der Waals surface area contributed by atoms with Crippen LogP contribution >= 0.6 is 11.6 Å². The summed E-state index contributed by atoms with van der Waals surface area (Å²) in [5, 5.41) is 3.00. The molecule has 0 aromatic carbocycles. The first-order valence-corrected chi connectivity index (χ1v) is 6.08. The van der Waals surface area contributed by atoms with Crippen molar-refractivity contribution in [3.05, 3.63) is 11.6 Å². The summed E-state index contributed by atoms with van der Waals surface area (Å²) < 4.78 is 13.4. The molecule has 2 aliphatic rings. The van der Waals surface area contributed by atoms with Crippen molar-refractivity contribution in [1.29, 1.82) is 0 Å². The predicted molar refractivity (Wildman–Crippen MR) is 61.2 cm³/mol. The van der Waals surface area contributed by atoms with E-state index in [1.165, 1.54) is 5.57 Å². The topological polar surface area (TPSA) is 15.3 Å². The minimum atomic E-state index is -0.852. The highest BCUT2D eigenvalue weighted by molar-refractivity contribution is 6.21. The van der Waals surface area contributed by atoms with E-state index in [0.29, 0.717) is 12.8 Å². The molecule has 1 aliphatic carbocycles. The highest BCUT2D eigenvalue weighted by atomic mass is 35.5. The SMILES string of the molecule is F[C@@H]1CC(CN2CCNCC2)=CCC1Cl. The fraction of sp³-hybridized carbons (Fsp3) is 0.818. The Morgan fingerprint density at radius 1 is 1.47 bits per heavy atom. The Hall–Kier alpha value is -0.120. The third-order valence-corrected chi connectivity index (χ3v) is 3.57. The van der Waals surface area contributed by atoms with Gasteiger partial charge in [-0.1, -0.05) is 11.6 Å². The molecule has 0 saturated carbocycles. The van der Waals surface area contributed by atoms with Crippen molar-refractivity contribution >= 4 is 11.6 Å². The third kappa shape index (κ3) is 3.16. The summed E-state index contributed by atoms with van der Waals surface area (Å²) in [6, 6.07) is 0. The molecule has 4 heteroatoms. The largest absolute Gasteiger partial charge is 0.314 e. The van der Waals surface area contributed by atoms with Crippen LogP contribution in [0.3, 0.4) is 0 Å². The first-order chi connectivity index (χ1) is 7.25. The van der Waals surface area contributed by atoms with Gasteiger partial charge in [-0.15, -0.1) is 11.6 Å². The summed E-state index contributed by atoms with van der Waals surface area (Å²) in [6.07, 6.45) is 2.48. The number of nitrogens with one attached hydrogen (secondary N) is 1. The van der Waals surface area contributed by atoms with E-state index in [1.54, 1.807) is 0 Å². The van der Waals surface area contributed by atoms with Gasteiger partial charge in [-0.2, -0.15) is 0 Å². The molecule has 0 aromatic rings. The fourth-order valence-corrected chi connectivity index (χ4v) is 2.35. The molecule has 15 heavy (non-hydrogen) atoms. The van der Waals surface area contributed by atoms with Gasteiger partial charge < -0.3 is 5.32 Å². The molecule has 2 nitrogen and oxygen atoms in total. The van der Waals surface area contributed by atoms with Gasteiger partial charge in [-0.05, 0) is 6.42 Å². The second-order valence-corrected chi connectivity index (χ2v) is 4.92. The van der Waals surface area contributed by atoms with Gasteiger partial charge in [0, 0.05) is 39.1 Å². The zero-order chi connectivity index (χ0) is 10.7. The van der Waals surface area contributed by atoms with Gasteiger partial charge in [0.2, 0.25) is 0 Å². The molecule has 0 amide bonds. The maximum Gasteiger partial charge on any atom is 0.120 e. The molecule has 1 unspecified atom stereocenters. The molecule has 0 spiro atoms. The molecule has 1 heterocycles. The van der Waals surface area contributed by atoms with Crippen LogP contribution in [0.5, 0.6) is 0 Å². The standard InChI is InChI=1S/C11H18ClFN2/c12-10-2-1-9(7-11(10)13)8-15-5-3-14-4-6-15/h1,10-11,14H,2-8H2/t10?,11-/m1/s1. The summed E-state index contributed by atoms with van der Waals surface area (Å²) in [4.78, 5) is 2.38. The van der Waals surface area contributed by atoms with E-state index >= 15 is 0 Å². The fourth-order valence-electron chi connectivity index (χ4n) is 2.17. The van der Waals surface area contributed by atoms with E-state index in [0.717, 1.165) is 32.7 Å². The minimum Gasteiger partial charge on any atom is -0.314 e. The Labute approximate surface area is 95.5 Å². The van der Waals surface area contributed by atoms with Gasteiger partial charge in [0.05, 0.1) is 5.38 Å². The number of halogens is 2. The number of piperazine rings is 1. The van der Waals surface area contributed by atoms with Crippen LogP contribution in [0, 0.1) is 0 Å². The number of rotatable bonds is 2. The first kappa shape index (κ1) is 11.4. The van der Waals surface area contributed by atoms with Gasteiger partial charge in [0.25, 0.3) is 0 Å². The highest BCUT2D eigenvalue weighted by Gasteiger charge is 2.24. The molecule has 0 radical (unpaired) electrons. The molecule has 0 bridgehead atoms. The summed E-state index contributed by atoms with van der Waals surface area (Å²) in [5.41, 5.74) is 1.22. The van der Waals surface area contributed by atoms with Crippen LogP contribution in [0.2, 0.25) is 0 Å². The van der Waals surface area contributed by atoms with E-state index in [1.807, 2.05) is 0 Å². The van der Waals surface area contributed by atoms with Crippen LogP contribution in [-0.4, -0.2) is 49.2 Å². The molecule has 2 rings (SSSR count). The van der Waals surface area contributed by atoms with Crippen molar-refractivity contribution in [3.63, 3.8) is 0 Å². The van der Waals surface area contributed by atoms with Crippen LogP contribution < -0.4 is 5.32 Å². The normalized spacial score (nSPS) is 33.9. The Bertz CT molecular complexity index is 239. The van der Waals surface area contributed by atoms with Crippen LogP contribution in [0.15, 0.2) is 11.6 Å². The van der Waals surface area contributed by atoms with E-state index in [-0.39, 0.29) is 5.38 Å². The number of hydrogen-bond acceptors (Lipinski definition) is 2. The molecule has 86 valence electrons. The Kier molecular flexibility index (Phi) is 4.00. The lowest BCUT2D eigenvalue weighted by atomic mass is 9.97. The van der Waals surface area contributed by atoms with Gasteiger partial charge in [-0.25, -0.2) is 4.39 Å². The molecule has 1 saturated heterocycles. The first-order valence-electron chi connectivity index (χ1n) is 5.65. The minimum absolute atomic E-state index is 0.309. The second-order valence-electron chi connectivity index (χ2n) is 4.36. The molecule has 0 aromatic heterocycles. The van der Waals surface area contributed by atoms with Crippen molar-refractivity contribution in [3.8, 4) is 0 Å². The van der Waals surface area contributed by atoms with E-state index in [9.17, 15) is 4.39 Å². The summed E-state index contributed by atoms with van der Waals surface area (Å²) in [5.74, 6) is 0. The summed E-state index contributed by atoms with van der Waals surface area (Å²) in [7, 11) is 0. The zero-order valence-corrected chi connectivity index (χ0v) is 9.64. The number of hydrogen-bond donors (Lipinski definition) is 1. The smallest absolute Gasteiger partial charge is 0.120 e. The van der Waals surface area contributed by atoms with Gasteiger partial charge in [0.15, 0.2) is 0 Å². The molecule has 1 aliphatic heterocycles. The summed E-state index contributed by atoms with van der Waals surface area (Å²) in [6.45, 7) is 5.15. The van der Waals surface area contributed by atoms with E-state index in [2.05, 4.69) is 16.3 Å². The van der Waals surface area contributed by atoms with E-state index < -0.39 is 6.17 Å². The van der Waals surface area contributed by atoms with E-state index in [4.69, 9.17) is 11.6 Å². The highest BCUT2D eigenvalue weighted by Crippen LogP contribution is 2.25. The van der Waals surface area contributed by atoms with Crippen molar-refractivity contribution in [2.45, 2.75) is 24.4 Å². The predicted octanol–water partition coefficient (Wildman–Crippen LogP) is 1.56. The Morgan fingerprint density at radius 2 is 2.20 bits per heavy atom. The quantitative estimate of drug-likeness (QED) is 0.574. The lowest BCUT2D eigenvalue weighted by Crippen LogP contribution is -2.44. The lowest BCUT2D eigenvalue weighted by molar-refractivity contribution is 0.244. The molecule has 1 fully saturated rings. The van der Waals surface area contributed by atoms with Gasteiger partial charge in [-0.3, -0.25) is 4.90 Å². The number of nitrogens with zero attached hydrogens (tertiary/aromatic N) is 1. The third-order valence-electron chi connectivity index (χ3n) is 3.12. The van der Waals surface area contributed by atoms with Crippen LogP contribution in [0.4, 0.5) is 4.39 Å². The Morgan fingerprint density at radius 3 is 2.87 bits per heavy atom. The van der Waals surface area contributed by atoms with Gasteiger partial charge in [0.1, 0.15) is 6.17 Å². The Balaban J connectivity index is 1.83. The van der Waals surface area contributed by atoms with Gasteiger partial charge >= 0.3 is 0 Å². The average molecular weight is 233 g/mol. The van der Waals surface area contributed by atoms with Crippen molar-refractivity contribution in [2.75, 3.05) is 32.7 Å². The van der Waals surface area contributed by atoms with Crippen LogP contribution in [0.1, 0.15) is 12.8 Å². The van der Waals surface area contributed by atoms with Crippen molar-refractivity contribution in [1.82, 2.24) is 10.2 Å². The maximum absolute atomic E-state index is 13.4. The van der Waals surface area contributed by atoms with Crippen molar-refractivity contribution < 1.29 is 4.39 Å². The zero-order valence-electron chi connectivity index (χ0n) is 8.88. The number of allylic oxidation sites excluding steroid dienone is 1. The molecule has 2 atom stereocenters. The average Bonchev–Trinajstić information content (AvgIpc) is 2.25. The van der Waals surface area contributed by atoms with Crippen LogP contribution in [-0.2, 0) is 0 Å².